The second kappa shape index (κ2) is 12.5. The van der Waals surface area contributed by atoms with Crippen LogP contribution in [0.2, 0.25) is 0 Å². The highest BCUT2D eigenvalue weighted by atomic mass is 19.2. The van der Waals surface area contributed by atoms with Crippen LogP contribution in [0.4, 0.5) is 8.78 Å². The molecule has 0 aromatic heterocycles. The van der Waals surface area contributed by atoms with Crippen LogP contribution < -0.4 is 0 Å². The number of hydrogen-bond donors (Lipinski definition) is 0. The van der Waals surface area contributed by atoms with Crippen molar-refractivity contribution < 1.29 is 8.78 Å². The van der Waals surface area contributed by atoms with Crippen LogP contribution in [-0.4, -0.2) is 0 Å². The zero-order chi connectivity index (χ0) is 25.2. The molecule has 0 spiro atoms. The third kappa shape index (κ3) is 7.01. The molecule has 0 heterocycles. The second-order valence-corrected chi connectivity index (χ2v) is 8.34. The molecular formula is C33H30F2. The summed E-state index contributed by atoms with van der Waals surface area (Å²) in [6.07, 6.45) is 10.7. The summed E-state index contributed by atoms with van der Waals surface area (Å²) >= 11 is 0. The van der Waals surface area contributed by atoms with Crippen molar-refractivity contribution in [2.45, 2.75) is 34.1 Å². The molecule has 0 radical (unpaired) electrons. The van der Waals surface area contributed by atoms with Crippen molar-refractivity contribution in [3.63, 3.8) is 0 Å². The summed E-state index contributed by atoms with van der Waals surface area (Å²) in [4.78, 5) is 0. The van der Waals surface area contributed by atoms with Gasteiger partial charge in [-0.3, -0.25) is 0 Å². The Morgan fingerprint density at radius 1 is 0.857 bits per heavy atom. The molecule has 2 heteroatoms. The Morgan fingerprint density at radius 3 is 2.06 bits per heavy atom. The summed E-state index contributed by atoms with van der Waals surface area (Å²) < 4.78 is 29.4. The number of halogens is 2. The van der Waals surface area contributed by atoms with Crippen LogP contribution in [0.5, 0.6) is 0 Å². The highest BCUT2D eigenvalue weighted by Crippen LogP contribution is 2.31. The quantitative estimate of drug-likeness (QED) is 0.194. The van der Waals surface area contributed by atoms with Crippen molar-refractivity contribution in [2.75, 3.05) is 0 Å². The molecule has 0 nitrogen and oxygen atoms in total. The first-order chi connectivity index (χ1) is 16.9. The first-order valence-electron chi connectivity index (χ1n) is 11.8. The SMILES string of the molecule is C\C=C/C(C)=C\C=C\C#Cc1ccc(-c2ccc(/C(F)=C(\F)c3ccc(C)cc3)cc2)cc1CC. The van der Waals surface area contributed by atoms with Crippen LogP contribution in [0, 0.1) is 18.8 Å². The van der Waals surface area contributed by atoms with Gasteiger partial charge in [-0.05, 0) is 62.1 Å². The molecule has 0 bridgehead atoms. The average molecular weight is 465 g/mol. The number of rotatable bonds is 6. The van der Waals surface area contributed by atoms with E-state index in [1.165, 1.54) is 5.57 Å². The van der Waals surface area contributed by atoms with E-state index < -0.39 is 11.7 Å². The van der Waals surface area contributed by atoms with Gasteiger partial charge in [-0.1, -0.05) is 109 Å². The van der Waals surface area contributed by atoms with E-state index in [9.17, 15) is 8.78 Å². The molecule has 0 fully saturated rings. The first kappa shape index (κ1) is 25.7. The molecule has 0 unspecified atom stereocenters. The molecular weight excluding hydrogens is 434 g/mol. The third-order valence-corrected chi connectivity index (χ3v) is 5.63. The standard InChI is InChI=1S/C33H30F2/c1-5-10-24(3)11-8-7-9-12-27-19-22-31(23-26(27)6-2)28-17-20-30(21-18-28)33(35)32(34)29-15-13-25(4)14-16-29/h5,7-8,10-11,13-23H,6H2,1-4H3/b8-7+,10-5-,24-11-,33-32+. The van der Waals surface area contributed by atoms with Gasteiger partial charge in [0, 0.05) is 16.7 Å². The topological polar surface area (TPSA) is 0 Å². The van der Waals surface area contributed by atoms with Gasteiger partial charge in [0.1, 0.15) is 0 Å². The lowest BCUT2D eigenvalue weighted by molar-refractivity contribution is 0.700. The largest absolute Gasteiger partial charge is 0.203 e. The van der Waals surface area contributed by atoms with Crippen LogP contribution in [0.1, 0.15) is 48.6 Å². The van der Waals surface area contributed by atoms with Gasteiger partial charge in [-0.15, -0.1) is 0 Å². The summed E-state index contributed by atoms with van der Waals surface area (Å²) in [6, 6.07) is 19.7. The normalized spacial score (nSPS) is 12.6. The number of benzene rings is 3. The summed E-state index contributed by atoms with van der Waals surface area (Å²) in [5.41, 5.74) is 6.71. The van der Waals surface area contributed by atoms with E-state index in [1.54, 1.807) is 36.4 Å². The van der Waals surface area contributed by atoms with Gasteiger partial charge in [0.05, 0.1) is 0 Å². The maximum atomic E-state index is 14.8. The van der Waals surface area contributed by atoms with Gasteiger partial charge in [-0.25, -0.2) is 8.78 Å². The Bertz CT molecular complexity index is 1340. The lowest BCUT2D eigenvalue weighted by atomic mass is 9.97. The zero-order valence-electron chi connectivity index (χ0n) is 20.7. The van der Waals surface area contributed by atoms with Gasteiger partial charge in [0.2, 0.25) is 0 Å². The number of allylic oxidation sites excluding steroid dienone is 6. The van der Waals surface area contributed by atoms with Crippen LogP contribution >= 0.6 is 0 Å². The Balaban J connectivity index is 1.80. The van der Waals surface area contributed by atoms with Crippen molar-refractivity contribution in [3.05, 3.63) is 131 Å². The lowest BCUT2D eigenvalue weighted by Gasteiger charge is -2.08. The first-order valence-corrected chi connectivity index (χ1v) is 11.8. The number of hydrogen-bond acceptors (Lipinski definition) is 0. The van der Waals surface area contributed by atoms with Crippen LogP contribution in [0.25, 0.3) is 22.8 Å². The molecule has 0 saturated carbocycles. The number of aryl methyl sites for hydroxylation is 2. The van der Waals surface area contributed by atoms with E-state index in [0.29, 0.717) is 0 Å². The maximum Gasteiger partial charge on any atom is 0.166 e. The van der Waals surface area contributed by atoms with Crippen molar-refractivity contribution in [1.82, 2.24) is 0 Å². The van der Waals surface area contributed by atoms with Gasteiger partial charge in [0.25, 0.3) is 0 Å². The molecule has 35 heavy (non-hydrogen) atoms. The van der Waals surface area contributed by atoms with Crippen LogP contribution in [0.15, 0.2) is 103 Å². The van der Waals surface area contributed by atoms with Crippen molar-refractivity contribution in [2.24, 2.45) is 0 Å². The van der Waals surface area contributed by atoms with E-state index in [-0.39, 0.29) is 11.1 Å². The molecule has 0 saturated heterocycles. The van der Waals surface area contributed by atoms with Gasteiger partial charge >= 0.3 is 0 Å². The minimum atomic E-state index is -0.857. The maximum absolute atomic E-state index is 14.8. The van der Waals surface area contributed by atoms with E-state index in [2.05, 4.69) is 24.8 Å². The molecule has 0 atom stereocenters. The summed E-state index contributed by atoms with van der Waals surface area (Å²) in [7, 11) is 0. The molecule has 0 aliphatic carbocycles. The predicted molar refractivity (Wildman–Crippen MR) is 146 cm³/mol. The smallest absolute Gasteiger partial charge is 0.166 e. The fourth-order valence-corrected chi connectivity index (χ4v) is 3.64. The summed E-state index contributed by atoms with van der Waals surface area (Å²) in [5.74, 6) is 4.61. The Hall–Kier alpha value is -3.96. The highest BCUT2D eigenvalue weighted by Gasteiger charge is 2.12. The van der Waals surface area contributed by atoms with E-state index in [4.69, 9.17) is 0 Å². The van der Waals surface area contributed by atoms with Crippen LogP contribution in [0.3, 0.4) is 0 Å². The van der Waals surface area contributed by atoms with Crippen molar-refractivity contribution >= 4 is 11.7 Å². The molecule has 176 valence electrons. The van der Waals surface area contributed by atoms with Gasteiger partial charge in [-0.2, -0.15) is 0 Å². The van der Waals surface area contributed by atoms with Gasteiger partial charge < -0.3 is 0 Å². The molecule has 0 N–H and O–H groups in total. The van der Waals surface area contributed by atoms with E-state index in [1.807, 2.05) is 75.4 Å². The molecule has 3 aromatic rings. The molecule has 0 amide bonds. The Kier molecular flexibility index (Phi) is 9.16. The van der Waals surface area contributed by atoms with E-state index >= 15 is 0 Å². The van der Waals surface area contributed by atoms with Crippen molar-refractivity contribution in [3.8, 4) is 23.0 Å². The lowest BCUT2D eigenvalue weighted by Crippen LogP contribution is -1.90. The monoisotopic (exact) mass is 464 g/mol. The summed E-state index contributed by atoms with van der Waals surface area (Å²) in [6.45, 7) is 8.05. The molecule has 3 rings (SSSR count). The van der Waals surface area contributed by atoms with E-state index in [0.717, 1.165) is 34.2 Å². The Morgan fingerprint density at radius 2 is 1.46 bits per heavy atom. The molecule has 3 aromatic carbocycles. The third-order valence-electron chi connectivity index (χ3n) is 5.63. The molecule has 0 aliphatic rings. The second-order valence-electron chi connectivity index (χ2n) is 8.34. The Labute approximate surface area is 208 Å². The average Bonchev–Trinajstić information content (AvgIpc) is 2.88. The van der Waals surface area contributed by atoms with Gasteiger partial charge in [0.15, 0.2) is 11.7 Å². The molecule has 0 aliphatic heterocycles. The van der Waals surface area contributed by atoms with Crippen molar-refractivity contribution in [1.29, 1.82) is 0 Å². The predicted octanol–water partition coefficient (Wildman–Crippen LogP) is 9.42. The minimum Gasteiger partial charge on any atom is -0.203 e. The highest BCUT2D eigenvalue weighted by molar-refractivity contribution is 5.83. The minimum absolute atomic E-state index is 0.218. The van der Waals surface area contributed by atoms with Crippen LogP contribution in [-0.2, 0) is 6.42 Å². The fourth-order valence-electron chi connectivity index (χ4n) is 3.64. The fraction of sp³-hybridized carbons (Fsp3) is 0.152. The summed E-state index contributed by atoms with van der Waals surface area (Å²) in [5, 5.41) is 0. The zero-order valence-corrected chi connectivity index (χ0v) is 20.7.